The van der Waals surface area contributed by atoms with E-state index in [1.807, 2.05) is 9.24 Å². The van der Waals surface area contributed by atoms with Gasteiger partial charge in [-0.3, -0.25) is 9.59 Å². The molecule has 0 spiro atoms. The number of aliphatic hydroxyl groups is 1. The third kappa shape index (κ3) is 3.15. The van der Waals surface area contributed by atoms with Crippen molar-refractivity contribution in [2.75, 3.05) is 6.61 Å². The molecule has 0 saturated heterocycles. The number of para-hydroxylation sites is 1. The van der Waals surface area contributed by atoms with Gasteiger partial charge in [0, 0.05) is 0 Å². The standard InChI is InChI=1S/C10H12NO5P/c12-4-6(10(16)17)11-9(15)5-2-1-3-7(13)8(5)14/h1-3,6,12-14H,4,17H2,(H,11,15). The van der Waals surface area contributed by atoms with Crippen LogP contribution in [-0.2, 0) is 4.79 Å². The highest BCUT2D eigenvalue weighted by atomic mass is 31.0. The van der Waals surface area contributed by atoms with Gasteiger partial charge in [0.15, 0.2) is 17.0 Å². The molecule has 0 aliphatic carbocycles. The fourth-order valence-electron chi connectivity index (χ4n) is 1.16. The van der Waals surface area contributed by atoms with Crippen molar-refractivity contribution in [1.82, 2.24) is 5.32 Å². The SMILES string of the molecule is O=C(NC(CO)C(=O)P)c1cccc(O)c1O. The van der Waals surface area contributed by atoms with Crippen LogP contribution < -0.4 is 5.32 Å². The molecule has 0 heterocycles. The van der Waals surface area contributed by atoms with Crippen LogP contribution in [0, 0.1) is 0 Å². The van der Waals surface area contributed by atoms with Crippen molar-refractivity contribution < 1.29 is 24.9 Å². The molecule has 4 N–H and O–H groups in total. The first-order valence-corrected chi connectivity index (χ1v) is 5.27. The summed E-state index contributed by atoms with van der Waals surface area (Å²) in [5, 5.41) is 29.7. The van der Waals surface area contributed by atoms with Crippen molar-refractivity contribution >= 4 is 20.7 Å². The highest BCUT2D eigenvalue weighted by molar-refractivity contribution is 7.40. The summed E-state index contributed by atoms with van der Waals surface area (Å²) >= 11 is 0. The molecule has 0 radical (unpaired) electrons. The van der Waals surface area contributed by atoms with Crippen molar-refractivity contribution in [1.29, 1.82) is 0 Å². The minimum absolute atomic E-state index is 0.172. The van der Waals surface area contributed by atoms with E-state index in [9.17, 15) is 19.8 Å². The van der Waals surface area contributed by atoms with Crippen LogP contribution >= 0.6 is 9.24 Å². The predicted molar refractivity (Wildman–Crippen MR) is 62.8 cm³/mol. The lowest BCUT2D eigenvalue weighted by atomic mass is 10.1. The number of nitrogens with one attached hydrogen (secondary N) is 1. The summed E-state index contributed by atoms with van der Waals surface area (Å²) < 4.78 is 0. The number of phenols is 2. The van der Waals surface area contributed by atoms with Gasteiger partial charge < -0.3 is 20.6 Å². The van der Waals surface area contributed by atoms with Crippen LogP contribution in [0.15, 0.2) is 18.2 Å². The molecular weight excluding hydrogens is 245 g/mol. The molecule has 0 saturated carbocycles. The van der Waals surface area contributed by atoms with Crippen molar-refractivity contribution in [3.63, 3.8) is 0 Å². The van der Waals surface area contributed by atoms with Gasteiger partial charge in [-0.05, 0) is 12.1 Å². The monoisotopic (exact) mass is 257 g/mol. The molecule has 1 rings (SSSR count). The Kier molecular flexibility index (Phi) is 4.43. The zero-order valence-corrected chi connectivity index (χ0v) is 9.91. The number of aromatic hydroxyl groups is 2. The van der Waals surface area contributed by atoms with Crippen LogP contribution in [0.5, 0.6) is 11.5 Å². The molecule has 1 aromatic rings. The quantitative estimate of drug-likeness (QED) is 0.433. The van der Waals surface area contributed by atoms with Crippen LogP contribution in [0.1, 0.15) is 10.4 Å². The molecule has 17 heavy (non-hydrogen) atoms. The van der Waals surface area contributed by atoms with Crippen LogP contribution in [0.25, 0.3) is 0 Å². The Balaban J connectivity index is 2.90. The molecule has 0 fully saturated rings. The van der Waals surface area contributed by atoms with E-state index in [0.29, 0.717) is 0 Å². The van der Waals surface area contributed by atoms with E-state index in [1.54, 1.807) is 0 Å². The smallest absolute Gasteiger partial charge is 0.255 e. The number of hydrogen-bond acceptors (Lipinski definition) is 5. The van der Waals surface area contributed by atoms with Gasteiger partial charge in [-0.1, -0.05) is 15.3 Å². The maximum atomic E-state index is 11.6. The summed E-state index contributed by atoms with van der Waals surface area (Å²) in [7, 11) is 1.84. The second-order valence-electron chi connectivity index (χ2n) is 3.28. The molecular formula is C10H12NO5P. The molecule has 92 valence electrons. The van der Waals surface area contributed by atoms with Gasteiger partial charge in [0.25, 0.3) is 5.91 Å². The molecule has 7 heteroatoms. The summed E-state index contributed by atoms with van der Waals surface area (Å²) in [5.74, 6) is -1.76. The molecule has 1 amide bonds. The van der Waals surface area contributed by atoms with E-state index in [2.05, 4.69) is 5.32 Å². The first-order valence-electron chi connectivity index (χ1n) is 4.69. The lowest BCUT2D eigenvalue weighted by Gasteiger charge is -2.13. The van der Waals surface area contributed by atoms with E-state index >= 15 is 0 Å². The second-order valence-corrected chi connectivity index (χ2v) is 3.85. The Morgan fingerprint density at radius 3 is 2.53 bits per heavy atom. The van der Waals surface area contributed by atoms with E-state index in [4.69, 9.17) is 5.11 Å². The molecule has 0 aliphatic rings. The summed E-state index contributed by atoms with van der Waals surface area (Å²) in [5.41, 5.74) is -0.657. The third-order valence-electron chi connectivity index (χ3n) is 2.09. The zero-order chi connectivity index (χ0) is 13.0. The van der Waals surface area contributed by atoms with Gasteiger partial charge >= 0.3 is 0 Å². The number of phenolic OH excluding ortho intramolecular Hbond substituents is 2. The van der Waals surface area contributed by atoms with E-state index in [0.717, 1.165) is 0 Å². The molecule has 6 nitrogen and oxygen atoms in total. The van der Waals surface area contributed by atoms with Gasteiger partial charge in [-0.2, -0.15) is 0 Å². The Labute approximate surface area is 99.5 Å². The second kappa shape index (κ2) is 5.61. The maximum Gasteiger partial charge on any atom is 0.255 e. The molecule has 2 unspecified atom stereocenters. The number of hydrogen-bond donors (Lipinski definition) is 4. The van der Waals surface area contributed by atoms with Crippen LogP contribution in [0.2, 0.25) is 0 Å². The Hall–Kier alpha value is -1.65. The lowest BCUT2D eigenvalue weighted by Crippen LogP contribution is -2.41. The topological polar surface area (TPSA) is 107 Å². The Bertz CT molecular complexity index is 448. The summed E-state index contributed by atoms with van der Waals surface area (Å²) in [4.78, 5) is 22.6. The van der Waals surface area contributed by atoms with Gasteiger partial charge in [-0.15, -0.1) is 0 Å². The van der Waals surface area contributed by atoms with E-state index in [-0.39, 0.29) is 5.56 Å². The minimum atomic E-state index is -1.06. The fraction of sp³-hybridized carbons (Fsp3) is 0.200. The maximum absolute atomic E-state index is 11.6. The number of carbonyl (C=O) groups excluding carboxylic acids is 2. The highest BCUT2D eigenvalue weighted by Crippen LogP contribution is 2.27. The number of aliphatic hydroxyl groups excluding tert-OH is 1. The minimum Gasteiger partial charge on any atom is -0.504 e. The number of rotatable bonds is 4. The largest absolute Gasteiger partial charge is 0.504 e. The van der Waals surface area contributed by atoms with Crippen molar-refractivity contribution in [3.05, 3.63) is 23.8 Å². The van der Waals surface area contributed by atoms with Crippen molar-refractivity contribution in [2.24, 2.45) is 0 Å². The van der Waals surface area contributed by atoms with Crippen LogP contribution in [0.4, 0.5) is 0 Å². The molecule has 1 aromatic carbocycles. The number of carbonyl (C=O) groups is 2. The number of amides is 1. The average molecular weight is 257 g/mol. The first-order chi connectivity index (χ1) is 7.97. The molecule has 0 aromatic heterocycles. The molecule has 0 bridgehead atoms. The summed E-state index contributed by atoms with van der Waals surface area (Å²) in [6, 6.07) is 2.82. The van der Waals surface area contributed by atoms with Crippen molar-refractivity contribution in [3.8, 4) is 11.5 Å². The summed E-state index contributed by atoms with van der Waals surface area (Å²) in [6.45, 7) is -0.548. The predicted octanol–water partition coefficient (Wildman–Crippen LogP) is -0.410. The van der Waals surface area contributed by atoms with Gasteiger partial charge in [-0.25, -0.2) is 0 Å². The zero-order valence-electron chi connectivity index (χ0n) is 8.75. The highest BCUT2D eigenvalue weighted by Gasteiger charge is 2.20. The first kappa shape index (κ1) is 13.4. The lowest BCUT2D eigenvalue weighted by molar-refractivity contribution is -0.113. The summed E-state index contributed by atoms with van der Waals surface area (Å²) in [6.07, 6.45) is 0. The van der Waals surface area contributed by atoms with Gasteiger partial charge in [0.1, 0.15) is 6.04 Å². The van der Waals surface area contributed by atoms with Gasteiger partial charge in [0.2, 0.25) is 0 Å². The fourth-order valence-corrected chi connectivity index (χ4v) is 1.35. The normalized spacial score (nSPS) is 11.9. The Morgan fingerprint density at radius 2 is 2.00 bits per heavy atom. The molecule has 0 aliphatic heterocycles. The van der Waals surface area contributed by atoms with Crippen LogP contribution in [0.3, 0.4) is 0 Å². The number of benzene rings is 1. The van der Waals surface area contributed by atoms with E-state index in [1.165, 1.54) is 18.2 Å². The van der Waals surface area contributed by atoms with E-state index < -0.39 is 35.6 Å². The van der Waals surface area contributed by atoms with Gasteiger partial charge in [0.05, 0.1) is 12.2 Å². The average Bonchev–Trinajstić information content (AvgIpc) is 2.28. The molecule has 2 atom stereocenters. The third-order valence-corrected chi connectivity index (χ3v) is 2.49. The van der Waals surface area contributed by atoms with Crippen LogP contribution in [-0.4, -0.2) is 39.4 Å². The van der Waals surface area contributed by atoms with Crippen molar-refractivity contribution in [2.45, 2.75) is 6.04 Å². The Morgan fingerprint density at radius 1 is 1.35 bits per heavy atom.